The first kappa shape index (κ1) is 18.9. The van der Waals surface area contributed by atoms with Crippen LogP contribution >= 0.6 is 0 Å². The van der Waals surface area contributed by atoms with Crippen LogP contribution in [0.4, 0.5) is 4.79 Å². The van der Waals surface area contributed by atoms with Gasteiger partial charge in [0, 0.05) is 42.3 Å². The highest BCUT2D eigenvalue weighted by Gasteiger charge is 2.57. The molecule has 2 aliphatic rings. The highest BCUT2D eigenvalue weighted by atomic mass is 16.5. The van der Waals surface area contributed by atoms with Crippen molar-refractivity contribution in [2.24, 2.45) is 10.1 Å². The molecule has 0 unspecified atom stereocenters. The zero-order valence-corrected chi connectivity index (χ0v) is 17.2. The minimum absolute atomic E-state index is 0.225. The summed E-state index contributed by atoms with van der Waals surface area (Å²) >= 11 is 0. The second-order valence-electron chi connectivity index (χ2n) is 7.40. The third-order valence-electron chi connectivity index (χ3n) is 5.72. The molecule has 0 saturated carbocycles. The number of imide groups is 1. The minimum atomic E-state index is -1.52. The normalized spacial score (nSPS) is 20.9. The van der Waals surface area contributed by atoms with Gasteiger partial charge < -0.3 is 9.72 Å². The number of urea groups is 1. The first-order valence-corrected chi connectivity index (χ1v) is 9.68. The number of rotatable bonds is 3. The van der Waals surface area contributed by atoms with Crippen LogP contribution in [0, 0.1) is 0 Å². The molecule has 2 aromatic carbocycles. The average molecular weight is 416 g/mol. The molecular formula is C22H20N6O3. The third-order valence-corrected chi connectivity index (χ3v) is 5.72. The number of carbonyl (C=O) groups is 2. The third kappa shape index (κ3) is 2.56. The number of H-pyrrole nitrogens is 1. The lowest BCUT2D eigenvalue weighted by molar-refractivity contribution is -0.132. The first-order valence-electron chi connectivity index (χ1n) is 9.68. The van der Waals surface area contributed by atoms with Crippen molar-refractivity contribution in [3.63, 3.8) is 0 Å². The highest BCUT2D eigenvalue weighted by Crippen LogP contribution is 2.40. The Morgan fingerprint density at radius 1 is 1.00 bits per heavy atom. The summed E-state index contributed by atoms with van der Waals surface area (Å²) in [7, 11) is 4.64. The van der Waals surface area contributed by atoms with E-state index in [1.165, 1.54) is 11.9 Å². The van der Waals surface area contributed by atoms with Gasteiger partial charge in [-0.3, -0.25) is 20.0 Å². The van der Waals surface area contributed by atoms with Gasteiger partial charge in [0.2, 0.25) is 5.54 Å². The molecule has 9 nitrogen and oxygen atoms in total. The number of aliphatic imine (C=N–C) groups is 1. The van der Waals surface area contributed by atoms with Crippen LogP contribution in [0.25, 0.3) is 10.9 Å². The van der Waals surface area contributed by atoms with Crippen molar-refractivity contribution < 1.29 is 14.3 Å². The van der Waals surface area contributed by atoms with Crippen molar-refractivity contribution in [2.45, 2.75) is 5.54 Å². The molecule has 5 rings (SSSR count). The minimum Gasteiger partial charge on any atom is -0.497 e. The Morgan fingerprint density at radius 3 is 2.48 bits per heavy atom. The summed E-state index contributed by atoms with van der Waals surface area (Å²) in [6.45, 7) is 0. The number of methoxy groups -OCH3 is 1. The second-order valence-corrected chi connectivity index (χ2v) is 7.40. The number of hydrogen-bond donors (Lipinski definition) is 2. The number of carbonyl (C=O) groups excluding carboxylic acids is 2. The molecule has 0 spiro atoms. The number of likely N-dealkylation sites (N-methyl/N-ethyl adjacent to an activating group) is 2. The number of fused-ring (bicyclic) bond motifs is 2. The molecule has 156 valence electrons. The topological polar surface area (TPSA) is 102 Å². The van der Waals surface area contributed by atoms with E-state index in [1.54, 1.807) is 20.4 Å². The van der Waals surface area contributed by atoms with Gasteiger partial charge in [-0.1, -0.05) is 18.2 Å². The number of nitrogens with zero attached hydrogens (tertiary/aromatic N) is 4. The number of hydrogen-bond acceptors (Lipinski definition) is 6. The molecule has 1 fully saturated rings. The molecule has 0 aliphatic carbocycles. The monoisotopic (exact) mass is 416 g/mol. The van der Waals surface area contributed by atoms with Gasteiger partial charge >= 0.3 is 6.03 Å². The number of aromatic amines is 1. The van der Waals surface area contributed by atoms with Crippen molar-refractivity contribution in [1.82, 2.24) is 20.2 Å². The van der Waals surface area contributed by atoms with E-state index in [9.17, 15) is 9.59 Å². The summed E-state index contributed by atoms with van der Waals surface area (Å²) in [5, 5.41) is 5.28. The van der Waals surface area contributed by atoms with Crippen molar-refractivity contribution >= 4 is 34.5 Å². The number of aromatic nitrogens is 1. The van der Waals surface area contributed by atoms with Crippen LogP contribution in [0.2, 0.25) is 0 Å². The Balaban J connectivity index is 1.77. The molecule has 9 heteroatoms. The van der Waals surface area contributed by atoms with Crippen LogP contribution in [0.3, 0.4) is 0 Å². The summed E-state index contributed by atoms with van der Waals surface area (Å²) in [6, 6.07) is 14.5. The number of ether oxygens (including phenoxy) is 1. The Bertz CT molecular complexity index is 1280. The number of amides is 3. The summed E-state index contributed by atoms with van der Waals surface area (Å²) < 4.78 is 5.23. The lowest BCUT2D eigenvalue weighted by atomic mass is 9.84. The lowest BCUT2D eigenvalue weighted by Crippen LogP contribution is -2.66. The quantitative estimate of drug-likeness (QED) is 0.684. The van der Waals surface area contributed by atoms with Gasteiger partial charge in [0.25, 0.3) is 5.91 Å². The van der Waals surface area contributed by atoms with Gasteiger partial charge in [-0.15, -0.1) is 0 Å². The molecule has 2 aliphatic heterocycles. The van der Waals surface area contributed by atoms with E-state index in [4.69, 9.17) is 9.73 Å². The maximum Gasteiger partial charge on any atom is 0.331 e. The maximum atomic E-state index is 13.7. The van der Waals surface area contributed by atoms with Crippen LogP contribution in [-0.4, -0.2) is 59.6 Å². The largest absolute Gasteiger partial charge is 0.497 e. The molecule has 3 heterocycles. The van der Waals surface area contributed by atoms with Crippen LogP contribution < -0.4 is 10.2 Å². The van der Waals surface area contributed by atoms with Crippen LogP contribution in [-0.2, 0) is 10.3 Å². The molecule has 0 bridgehead atoms. The smallest absolute Gasteiger partial charge is 0.331 e. The van der Waals surface area contributed by atoms with Crippen LogP contribution in [0.15, 0.2) is 64.8 Å². The van der Waals surface area contributed by atoms with Gasteiger partial charge in [0.15, 0.2) is 11.7 Å². The molecule has 1 atom stereocenters. The standard InChI is InChI=1S/C22H20N6O3/c1-27-19-22(20(29)28(2)21(27)30,16-12-23-17-7-5-4-6-15(16)17)24-18(25-26-19)13-8-10-14(31-3)11-9-13/h4-12,23H,1-3H3,(H,24,25)/t22-/m1/s1. The van der Waals surface area contributed by atoms with E-state index in [-0.39, 0.29) is 5.84 Å². The van der Waals surface area contributed by atoms with E-state index < -0.39 is 17.5 Å². The van der Waals surface area contributed by atoms with Crippen LogP contribution in [0.1, 0.15) is 11.1 Å². The molecule has 3 aromatic rings. The zero-order chi connectivity index (χ0) is 21.8. The molecule has 1 aromatic heterocycles. The predicted molar refractivity (Wildman–Crippen MR) is 116 cm³/mol. The molecule has 0 radical (unpaired) electrons. The summed E-state index contributed by atoms with van der Waals surface area (Å²) in [4.78, 5) is 36.9. The Hall–Kier alpha value is -4.14. The predicted octanol–water partition coefficient (Wildman–Crippen LogP) is 2.26. The molecule has 3 amide bonds. The first-order chi connectivity index (χ1) is 15.0. The average Bonchev–Trinajstić information content (AvgIpc) is 3.25. The maximum absolute atomic E-state index is 13.7. The second kappa shape index (κ2) is 6.69. The highest BCUT2D eigenvalue weighted by molar-refractivity contribution is 6.27. The van der Waals surface area contributed by atoms with Gasteiger partial charge in [0.05, 0.1) is 7.11 Å². The molecular weight excluding hydrogens is 396 g/mol. The summed E-state index contributed by atoms with van der Waals surface area (Å²) in [5.74, 6) is 0.880. The number of para-hydroxylation sites is 1. The SMILES string of the molecule is COc1ccc(C2=N[C@@]3(c4c[nH]c5ccccc45)C(=O)N(C)C(=O)N(C)C3=NN2)cc1. The van der Waals surface area contributed by atoms with Crippen molar-refractivity contribution in [1.29, 1.82) is 0 Å². The Morgan fingerprint density at radius 2 is 1.74 bits per heavy atom. The van der Waals surface area contributed by atoms with Gasteiger partial charge in [-0.05, 0) is 30.3 Å². The fourth-order valence-corrected chi connectivity index (χ4v) is 4.08. The van der Waals surface area contributed by atoms with E-state index in [0.29, 0.717) is 17.1 Å². The van der Waals surface area contributed by atoms with Gasteiger partial charge in [-0.25, -0.2) is 9.79 Å². The number of amidine groups is 2. The molecule has 31 heavy (non-hydrogen) atoms. The lowest BCUT2D eigenvalue weighted by Gasteiger charge is -2.43. The summed E-state index contributed by atoms with van der Waals surface area (Å²) in [6.07, 6.45) is 1.76. The van der Waals surface area contributed by atoms with Crippen molar-refractivity contribution in [2.75, 3.05) is 21.2 Å². The molecule has 2 N–H and O–H groups in total. The van der Waals surface area contributed by atoms with E-state index in [1.807, 2.05) is 48.5 Å². The molecule has 1 saturated heterocycles. The number of benzene rings is 2. The fraction of sp³-hybridized carbons (Fsp3) is 0.182. The Kier molecular flexibility index (Phi) is 4.07. The number of nitrogens with one attached hydrogen (secondary N) is 2. The Labute approximate surface area is 178 Å². The van der Waals surface area contributed by atoms with E-state index >= 15 is 0 Å². The van der Waals surface area contributed by atoms with Crippen molar-refractivity contribution in [3.05, 3.63) is 65.9 Å². The van der Waals surface area contributed by atoms with E-state index in [0.717, 1.165) is 21.4 Å². The van der Waals surface area contributed by atoms with Crippen molar-refractivity contribution in [3.8, 4) is 5.75 Å². The zero-order valence-electron chi connectivity index (χ0n) is 17.2. The number of hydrazone groups is 1. The van der Waals surface area contributed by atoms with Gasteiger partial charge in [0.1, 0.15) is 5.75 Å². The van der Waals surface area contributed by atoms with E-state index in [2.05, 4.69) is 15.5 Å². The summed E-state index contributed by atoms with van der Waals surface area (Å²) in [5.41, 5.74) is 3.63. The van der Waals surface area contributed by atoms with Crippen LogP contribution in [0.5, 0.6) is 5.75 Å². The fourth-order valence-electron chi connectivity index (χ4n) is 4.08. The van der Waals surface area contributed by atoms with Gasteiger partial charge in [-0.2, -0.15) is 5.10 Å².